The van der Waals surface area contributed by atoms with Crippen LogP contribution in [0.25, 0.3) is 0 Å². The van der Waals surface area contributed by atoms with Gasteiger partial charge in [-0.2, -0.15) is 0 Å². The van der Waals surface area contributed by atoms with Gasteiger partial charge in [-0.05, 0) is 43.2 Å². The summed E-state index contributed by atoms with van der Waals surface area (Å²) >= 11 is 6.38. The highest BCUT2D eigenvalue weighted by molar-refractivity contribution is 6.32. The number of benzene rings is 2. The molecule has 26 heavy (non-hydrogen) atoms. The maximum Gasteiger partial charge on any atom is 0.179 e. The molecule has 2 aliphatic heterocycles. The van der Waals surface area contributed by atoms with Crippen molar-refractivity contribution in [3.05, 3.63) is 52.0 Å². The van der Waals surface area contributed by atoms with Crippen molar-refractivity contribution in [1.82, 2.24) is 0 Å². The van der Waals surface area contributed by atoms with Crippen molar-refractivity contribution in [2.24, 2.45) is 0 Å². The number of nitrogens with one attached hydrogen (secondary N) is 1. The number of nitrogens with zero attached hydrogens (tertiary/aromatic N) is 1. The molecule has 0 saturated carbocycles. The number of fused-ring (bicyclic) bond motifs is 1. The number of rotatable bonds is 3. The van der Waals surface area contributed by atoms with E-state index in [0.717, 1.165) is 38.5 Å². The van der Waals surface area contributed by atoms with Gasteiger partial charge in [-0.25, -0.2) is 0 Å². The van der Waals surface area contributed by atoms with Gasteiger partial charge in [0.25, 0.3) is 0 Å². The molecule has 0 amide bonds. The number of hydrogen-bond donors (Lipinski definition) is 1. The van der Waals surface area contributed by atoms with E-state index in [-0.39, 0.29) is 0 Å². The van der Waals surface area contributed by atoms with Crippen LogP contribution in [0, 0.1) is 13.8 Å². The standard InChI is InChI=1S/C21H25ClN2O2/c1-15-4-3-5-19(16(15)2)24-8-6-23(7-9-24)14-17-12-18(22)21-20(13-17)25-10-11-26-21/h3-5,12-13H,6-11,14H2,1-2H3/p+1. The molecule has 0 atom stereocenters. The fourth-order valence-corrected chi connectivity index (χ4v) is 4.16. The average molecular weight is 374 g/mol. The molecule has 0 radical (unpaired) electrons. The zero-order valence-electron chi connectivity index (χ0n) is 15.5. The first kappa shape index (κ1) is 17.5. The minimum atomic E-state index is 0.567. The number of piperazine rings is 1. The van der Waals surface area contributed by atoms with Crippen LogP contribution in [0.2, 0.25) is 5.02 Å². The summed E-state index contributed by atoms with van der Waals surface area (Å²) in [6, 6.07) is 10.7. The first-order valence-corrected chi connectivity index (χ1v) is 9.72. The van der Waals surface area contributed by atoms with Gasteiger partial charge in [0, 0.05) is 11.3 Å². The van der Waals surface area contributed by atoms with Crippen molar-refractivity contribution in [2.45, 2.75) is 20.4 Å². The molecular formula is C21H26ClN2O2+. The predicted molar refractivity (Wildman–Crippen MR) is 105 cm³/mol. The summed E-state index contributed by atoms with van der Waals surface area (Å²) in [6.45, 7) is 10.9. The fourth-order valence-electron chi connectivity index (χ4n) is 3.87. The third-order valence-corrected chi connectivity index (χ3v) is 5.78. The number of anilines is 1. The Morgan fingerprint density at radius 2 is 1.85 bits per heavy atom. The Labute approximate surface area is 160 Å². The van der Waals surface area contributed by atoms with E-state index in [9.17, 15) is 0 Å². The molecule has 0 unspecified atom stereocenters. The number of hydrogen-bond acceptors (Lipinski definition) is 3. The summed E-state index contributed by atoms with van der Waals surface area (Å²) in [7, 11) is 0. The highest BCUT2D eigenvalue weighted by atomic mass is 35.5. The molecule has 1 fully saturated rings. The van der Waals surface area contributed by atoms with E-state index in [2.05, 4.69) is 43.0 Å². The van der Waals surface area contributed by atoms with E-state index < -0.39 is 0 Å². The Kier molecular flexibility index (Phi) is 4.96. The van der Waals surface area contributed by atoms with Crippen LogP contribution < -0.4 is 19.3 Å². The predicted octanol–water partition coefficient (Wildman–Crippen LogP) is 2.63. The van der Waals surface area contributed by atoms with Gasteiger partial charge in [0.15, 0.2) is 11.5 Å². The largest absolute Gasteiger partial charge is 0.486 e. The molecule has 4 rings (SSSR count). The zero-order chi connectivity index (χ0) is 18.1. The molecule has 0 bridgehead atoms. The summed E-state index contributed by atoms with van der Waals surface area (Å²) in [5.74, 6) is 1.48. The van der Waals surface area contributed by atoms with E-state index in [0.29, 0.717) is 24.0 Å². The fraction of sp³-hybridized carbons (Fsp3) is 0.429. The lowest BCUT2D eigenvalue weighted by atomic mass is 10.1. The molecule has 138 valence electrons. The molecule has 5 heteroatoms. The molecule has 2 heterocycles. The highest BCUT2D eigenvalue weighted by Gasteiger charge is 2.23. The second-order valence-electron chi connectivity index (χ2n) is 7.23. The summed E-state index contributed by atoms with van der Waals surface area (Å²) in [6.07, 6.45) is 0. The lowest BCUT2D eigenvalue weighted by molar-refractivity contribution is -0.914. The highest BCUT2D eigenvalue weighted by Crippen LogP contribution is 2.38. The Morgan fingerprint density at radius 1 is 1.08 bits per heavy atom. The van der Waals surface area contributed by atoms with Crippen LogP contribution in [0.15, 0.2) is 30.3 Å². The van der Waals surface area contributed by atoms with Crippen LogP contribution in [-0.2, 0) is 6.54 Å². The lowest BCUT2D eigenvalue weighted by Gasteiger charge is -2.35. The van der Waals surface area contributed by atoms with Gasteiger partial charge in [0.2, 0.25) is 0 Å². The number of aryl methyl sites for hydroxylation is 1. The summed E-state index contributed by atoms with van der Waals surface area (Å²) in [4.78, 5) is 4.10. The van der Waals surface area contributed by atoms with E-state index in [1.165, 1.54) is 22.4 Å². The van der Waals surface area contributed by atoms with Crippen LogP contribution in [-0.4, -0.2) is 39.4 Å². The van der Waals surface area contributed by atoms with Crippen LogP contribution >= 0.6 is 11.6 Å². The molecule has 2 aromatic rings. The second-order valence-corrected chi connectivity index (χ2v) is 7.64. The molecule has 1 N–H and O–H groups in total. The van der Waals surface area contributed by atoms with Gasteiger partial charge < -0.3 is 19.3 Å². The molecule has 0 aromatic heterocycles. The third kappa shape index (κ3) is 3.49. The Morgan fingerprint density at radius 3 is 2.65 bits per heavy atom. The van der Waals surface area contributed by atoms with Crippen LogP contribution in [0.1, 0.15) is 16.7 Å². The zero-order valence-corrected chi connectivity index (χ0v) is 16.2. The number of halogens is 1. The molecule has 2 aromatic carbocycles. The Balaban J connectivity index is 1.41. The lowest BCUT2D eigenvalue weighted by Crippen LogP contribution is -3.13. The van der Waals surface area contributed by atoms with Crippen molar-refractivity contribution >= 4 is 17.3 Å². The van der Waals surface area contributed by atoms with Gasteiger partial charge in [-0.3, -0.25) is 0 Å². The molecule has 4 nitrogen and oxygen atoms in total. The number of quaternary nitrogens is 1. The first-order chi connectivity index (χ1) is 12.6. The maximum atomic E-state index is 6.38. The maximum absolute atomic E-state index is 6.38. The van der Waals surface area contributed by atoms with Crippen molar-refractivity contribution < 1.29 is 14.4 Å². The van der Waals surface area contributed by atoms with Gasteiger partial charge >= 0.3 is 0 Å². The molecule has 2 aliphatic rings. The van der Waals surface area contributed by atoms with Gasteiger partial charge in [0.05, 0.1) is 31.2 Å². The second kappa shape index (κ2) is 7.37. The molecule has 0 aliphatic carbocycles. The Hall–Kier alpha value is -1.91. The van der Waals surface area contributed by atoms with Gasteiger partial charge in [-0.1, -0.05) is 23.7 Å². The summed E-state index contributed by atoms with van der Waals surface area (Å²) in [5.41, 5.74) is 5.36. The van der Waals surface area contributed by atoms with Crippen LogP contribution in [0.4, 0.5) is 5.69 Å². The van der Waals surface area contributed by atoms with E-state index in [1.807, 2.05) is 6.07 Å². The van der Waals surface area contributed by atoms with E-state index in [1.54, 1.807) is 4.90 Å². The SMILES string of the molecule is Cc1cccc(N2CC[NH+](Cc3cc(Cl)c4c(c3)OCCO4)CC2)c1C. The quantitative estimate of drug-likeness (QED) is 0.895. The average Bonchev–Trinajstić information content (AvgIpc) is 2.65. The topological polar surface area (TPSA) is 26.1 Å². The summed E-state index contributed by atoms with van der Waals surface area (Å²) in [5, 5.41) is 0.658. The third-order valence-electron chi connectivity index (χ3n) is 5.50. The molecule has 1 saturated heterocycles. The van der Waals surface area contributed by atoms with Gasteiger partial charge in [-0.15, -0.1) is 0 Å². The molecular weight excluding hydrogens is 348 g/mol. The van der Waals surface area contributed by atoms with Crippen molar-refractivity contribution in [3.63, 3.8) is 0 Å². The van der Waals surface area contributed by atoms with Crippen LogP contribution in [0.3, 0.4) is 0 Å². The smallest absolute Gasteiger partial charge is 0.179 e. The van der Waals surface area contributed by atoms with Crippen molar-refractivity contribution in [3.8, 4) is 11.5 Å². The van der Waals surface area contributed by atoms with E-state index >= 15 is 0 Å². The minimum Gasteiger partial charge on any atom is -0.486 e. The number of ether oxygens (including phenoxy) is 2. The first-order valence-electron chi connectivity index (χ1n) is 9.34. The van der Waals surface area contributed by atoms with Gasteiger partial charge in [0.1, 0.15) is 19.8 Å². The monoisotopic (exact) mass is 373 g/mol. The Bertz CT molecular complexity index is 801. The van der Waals surface area contributed by atoms with Crippen molar-refractivity contribution in [1.29, 1.82) is 0 Å². The van der Waals surface area contributed by atoms with E-state index in [4.69, 9.17) is 21.1 Å². The van der Waals surface area contributed by atoms with Crippen molar-refractivity contribution in [2.75, 3.05) is 44.3 Å². The normalized spacial score (nSPS) is 17.4. The minimum absolute atomic E-state index is 0.567. The molecule has 0 spiro atoms. The van der Waals surface area contributed by atoms with Crippen LogP contribution in [0.5, 0.6) is 11.5 Å². The summed E-state index contributed by atoms with van der Waals surface area (Å²) < 4.78 is 11.3.